The van der Waals surface area contributed by atoms with Crippen LogP contribution in [0.3, 0.4) is 0 Å². The number of hydrogen-bond acceptors (Lipinski definition) is 4. The summed E-state index contributed by atoms with van der Waals surface area (Å²) in [7, 11) is 0. The number of carbonyl (C=O) groups is 2. The van der Waals surface area contributed by atoms with E-state index in [4.69, 9.17) is 9.84 Å². The quantitative estimate of drug-likeness (QED) is 0.772. The van der Waals surface area contributed by atoms with Crippen molar-refractivity contribution in [2.24, 2.45) is 0 Å². The van der Waals surface area contributed by atoms with Gasteiger partial charge in [-0.1, -0.05) is 0 Å². The maximum Gasteiger partial charge on any atom is 0.304 e. The highest BCUT2D eigenvalue weighted by Gasteiger charge is 2.33. The number of hydrogen-bond donors (Lipinski definition) is 1. The van der Waals surface area contributed by atoms with Crippen molar-refractivity contribution in [2.75, 3.05) is 26.2 Å². The smallest absolute Gasteiger partial charge is 0.304 e. The first-order valence-corrected chi connectivity index (χ1v) is 7.34. The zero-order valence-corrected chi connectivity index (χ0v) is 12.2. The van der Waals surface area contributed by atoms with Gasteiger partial charge >= 0.3 is 5.97 Å². The van der Waals surface area contributed by atoms with Gasteiger partial charge in [-0.25, -0.2) is 0 Å². The summed E-state index contributed by atoms with van der Waals surface area (Å²) >= 11 is 0. The number of ether oxygens (including phenoxy) is 1. The average Bonchev–Trinajstić information content (AvgIpc) is 3.16. The Kier molecular flexibility index (Phi) is 4.99. The molecule has 0 bridgehead atoms. The molecular formula is C14H24N2O4. The van der Waals surface area contributed by atoms with E-state index in [1.165, 1.54) is 0 Å². The Morgan fingerprint density at radius 3 is 2.35 bits per heavy atom. The van der Waals surface area contributed by atoms with Crippen molar-refractivity contribution in [3.05, 3.63) is 0 Å². The highest BCUT2D eigenvalue weighted by molar-refractivity contribution is 5.78. The summed E-state index contributed by atoms with van der Waals surface area (Å²) in [6.45, 7) is 5.98. The fourth-order valence-electron chi connectivity index (χ4n) is 2.72. The summed E-state index contributed by atoms with van der Waals surface area (Å²) < 4.78 is 5.63. The number of carboxylic acid groups (broad SMARTS) is 1. The molecule has 1 aliphatic carbocycles. The maximum atomic E-state index is 12.4. The van der Waals surface area contributed by atoms with Crippen molar-refractivity contribution >= 4 is 11.9 Å². The molecule has 1 saturated carbocycles. The van der Waals surface area contributed by atoms with Crippen LogP contribution >= 0.6 is 0 Å². The molecule has 0 aromatic carbocycles. The number of carboxylic acids is 1. The molecule has 2 rings (SSSR count). The monoisotopic (exact) mass is 284 g/mol. The van der Waals surface area contributed by atoms with Crippen LogP contribution in [0, 0.1) is 0 Å². The number of amides is 1. The second-order valence-electron chi connectivity index (χ2n) is 5.90. The minimum atomic E-state index is -0.809. The van der Waals surface area contributed by atoms with E-state index < -0.39 is 5.97 Å². The van der Waals surface area contributed by atoms with Gasteiger partial charge in [-0.2, -0.15) is 0 Å². The molecule has 1 heterocycles. The predicted octanol–water partition coefficient (Wildman–Crippen LogP) is 0.561. The molecule has 1 amide bonds. The number of nitrogens with zero attached hydrogens (tertiary/aromatic N) is 2. The van der Waals surface area contributed by atoms with Crippen LogP contribution in [0.5, 0.6) is 0 Å². The number of rotatable bonds is 6. The minimum absolute atomic E-state index is 0.0658. The molecule has 0 aromatic heterocycles. The first kappa shape index (κ1) is 15.3. The van der Waals surface area contributed by atoms with Gasteiger partial charge in [0.15, 0.2) is 0 Å². The van der Waals surface area contributed by atoms with Gasteiger partial charge in [-0.3, -0.25) is 14.5 Å². The molecular weight excluding hydrogens is 260 g/mol. The summed E-state index contributed by atoms with van der Waals surface area (Å²) in [6, 6.07) is 0.397. The summed E-state index contributed by atoms with van der Waals surface area (Å²) in [4.78, 5) is 26.9. The topological polar surface area (TPSA) is 70.1 Å². The van der Waals surface area contributed by atoms with Crippen LogP contribution in [0.1, 0.15) is 33.1 Å². The summed E-state index contributed by atoms with van der Waals surface area (Å²) in [5, 5.41) is 8.78. The highest BCUT2D eigenvalue weighted by atomic mass is 16.5. The van der Waals surface area contributed by atoms with E-state index in [1.54, 1.807) is 0 Å². The minimum Gasteiger partial charge on any atom is -0.481 e. The Hall–Kier alpha value is -1.14. The van der Waals surface area contributed by atoms with Gasteiger partial charge in [-0.05, 0) is 26.7 Å². The number of carbonyl (C=O) groups excluding carboxylic acids is 1. The number of morpholine rings is 1. The lowest BCUT2D eigenvalue weighted by atomic mass is 10.2. The fraction of sp³-hybridized carbons (Fsp3) is 0.857. The Labute approximate surface area is 119 Å². The van der Waals surface area contributed by atoms with Gasteiger partial charge in [0.05, 0.1) is 25.2 Å². The zero-order valence-electron chi connectivity index (χ0n) is 12.2. The van der Waals surface area contributed by atoms with E-state index in [-0.39, 0.29) is 24.5 Å². The first-order valence-electron chi connectivity index (χ1n) is 7.34. The third-order valence-corrected chi connectivity index (χ3v) is 3.79. The molecule has 0 aromatic rings. The largest absolute Gasteiger partial charge is 0.481 e. The van der Waals surface area contributed by atoms with Crippen molar-refractivity contribution in [3.8, 4) is 0 Å². The van der Waals surface area contributed by atoms with Crippen LogP contribution in [0.15, 0.2) is 0 Å². The van der Waals surface area contributed by atoms with Gasteiger partial charge in [0.25, 0.3) is 0 Å². The van der Waals surface area contributed by atoms with Gasteiger partial charge in [0, 0.05) is 25.7 Å². The first-order chi connectivity index (χ1) is 9.45. The zero-order chi connectivity index (χ0) is 14.7. The van der Waals surface area contributed by atoms with E-state index in [1.807, 2.05) is 23.6 Å². The molecule has 20 heavy (non-hydrogen) atoms. The van der Waals surface area contributed by atoms with Crippen LogP contribution in [0.4, 0.5) is 0 Å². The Bertz CT molecular complexity index is 360. The van der Waals surface area contributed by atoms with Crippen LogP contribution in [-0.2, 0) is 14.3 Å². The maximum absolute atomic E-state index is 12.4. The van der Waals surface area contributed by atoms with E-state index in [0.717, 1.165) is 12.8 Å². The van der Waals surface area contributed by atoms with E-state index in [2.05, 4.69) is 0 Å². The summed E-state index contributed by atoms with van der Waals surface area (Å²) in [5.41, 5.74) is 0. The van der Waals surface area contributed by atoms with Gasteiger partial charge in [0.1, 0.15) is 0 Å². The Morgan fingerprint density at radius 2 is 1.85 bits per heavy atom. The molecule has 1 saturated heterocycles. The predicted molar refractivity (Wildman–Crippen MR) is 73.4 cm³/mol. The van der Waals surface area contributed by atoms with Crippen molar-refractivity contribution in [3.63, 3.8) is 0 Å². The lowest BCUT2D eigenvalue weighted by Gasteiger charge is -2.36. The van der Waals surface area contributed by atoms with Crippen LogP contribution < -0.4 is 0 Å². The van der Waals surface area contributed by atoms with Gasteiger partial charge in [-0.15, -0.1) is 0 Å². The molecule has 1 aliphatic heterocycles. The van der Waals surface area contributed by atoms with E-state index in [9.17, 15) is 9.59 Å². The normalized spacial score (nSPS) is 26.9. The standard InChI is InChI=1S/C14H24N2O4/c1-10-7-16(8-11(2)20-10)13(17)9-15(12-3-4-12)6-5-14(18)19/h10-12H,3-9H2,1-2H3,(H,18,19). The van der Waals surface area contributed by atoms with Crippen LogP contribution in [-0.4, -0.2) is 71.2 Å². The highest BCUT2D eigenvalue weighted by Crippen LogP contribution is 2.27. The molecule has 2 unspecified atom stereocenters. The molecule has 6 heteroatoms. The third kappa shape index (κ3) is 4.45. The lowest BCUT2D eigenvalue weighted by molar-refractivity contribution is -0.145. The Morgan fingerprint density at radius 1 is 1.25 bits per heavy atom. The molecule has 6 nitrogen and oxygen atoms in total. The van der Waals surface area contributed by atoms with Crippen LogP contribution in [0.2, 0.25) is 0 Å². The molecule has 0 spiro atoms. The molecule has 114 valence electrons. The third-order valence-electron chi connectivity index (χ3n) is 3.79. The fourth-order valence-corrected chi connectivity index (χ4v) is 2.72. The molecule has 2 atom stereocenters. The number of aliphatic carboxylic acids is 1. The van der Waals surface area contributed by atoms with Crippen molar-refractivity contribution < 1.29 is 19.4 Å². The van der Waals surface area contributed by atoms with Crippen molar-refractivity contribution in [1.82, 2.24) is 9.80 Å². The van der Waals surface area contributed by atoms with E-state index in [0.29, 0.717) is 32.2 Å². The Balaban J connectivity index is 1.85. The van der Waals surface area contributed by atoms with Gasteiger partial charge in [0.2, 0.25) is 5.91 Å². The average molecular weight is 284 g/mol. The van der Waals surface area contributed by atoms with Crippen molar-refractivity contribution in [2.45, 2.75) is 51.4 Å². The van der Waals surface area contributed by atoms with Gasteiger partial charge < -0.3 is 14.7 Å². The SMILES string of the molecule is CC1CN(C(=O)CN(CCC(=O)O)C2CC2)CC(C)O1. The summed E-state index contributed by atoms with van der Waals surface area (Å²) in [5.74, 6) is -0.721. The van der Waals surface area contributed by atoms with Crippen LogP contribution in [0.25, 0.3) is 0 Å². The molecule has 1 N–H and O–H groups in total. The second kappa shape index (κ2) is 6.54. The molecule has 0 radical (unpaired) electrons. The molecule has 2 aliphatic rings. The second-order valence-corrected chi connectivity index (χ2v) is 5.90. The van der Waals surface area contributed by atoms with E-state index >= 15 is 0 Å². The lowest BCUT2D eigenvalue weighted by Crippen LogP contribution is -2.51. The van der Waals surface area contributed by atoms with Crippen molar-refractivity contribution in [1.29, 1.82) is 0 Å². The molecule has 2 fully saturated rings. The summed E-state index contributed by atoms with van der Waals surface area (Å²) in [6.07, 6.45) is 2.37.